The van der Waals surface area contributed by atoms with E-state index in [0.717, 1.165) is 49.1 Å². The lowest BCUT2D eigenvalue weighted by atomic mass is 10.00. The third-order valence-electron chi connectivity index (χ3n) is 4.19. The fourth-order valence-corrected chi connectivity index (χ4v) is 2.96. The summed E-state index contributed by atoms with van der Waals surface area (Å²) in [6.07, 6.45) is 1.05. The highest BCUT2D eigenvalue weighted by atomic mass is 16.5. The highest BCUT2D eigenvalue weighted by molar-refractivity contribution is 5.89. The van der Waals surface area contributed by atoms with Crippen molar-refractivity contribution < 1.29 is 9.84 Å². The van der Waals surface area contributed by atoms with Crippen molar-refractivity contribution in [1.29, 1.82) is 0 Å². The van der Waals surface area contributed by atoms with Gasteiger partial charge < -0.3 is 9.84 Å². The Morgan fingerprint density at radius 3 is 2.85 bits per heavy atom. The molecule has 3 nitrogen and oxygen atoms in total. The number of phenols is 1. The van der Waals surface area contributed by atoms with E-state index in [9.17, 15) is 5.11 Å². The van der Waals surface area contributed by atoms with Gasteiger partial charge in [-0.25, -0.2) is 0 Å². The summed E-state index contributed by atoms with van der Waals surface area (Å²) in [4.78, 5) is 2.39. The summed E-state index contributed by atoms with van der Waals surface area (Å²) in [5.74, 6) is 0.417. The molecular formula is C17H21NO2. The minimum Gasteiger partial charge on any atom is -0.507 e. The molecule has 1 saturated heterocycles. The topological polar surface area (TPSA) is 32.7 Å². The summed E-state index contributed by atoms with van der Waals surface area (Å²) in [5.41, 5.74) is 1.01. The van der Waals surface area contributed by atoms with Gasteiger partial charge in [0.25, 0.3) is 0 Å². The number of nitrogens with zero attached hydrogens (tertiary/aromatic N) is 1. The van der Waals surface area contributed by atoms with Gasteiger partial charge in [-0.15, -0.1) is 0 Å². The average molecular weight is 271 g/mol. The Labute approximate surface area is 119 Å². The van der Waals surface area contributed by atoms with Crippen LogP contribution in [-0.2, 0) is 4.74 Å². The van der Waals surface area contributed by atoms with Crippen LogP contribution in [0.15, 0.2) is 36.4 Å². The third-order valence-corrected chi connectivity index (χ3v) is 4.19. The number of hydrogen-bond acceptors (Lipinski definition) is 3. The molecule has 0 spiro atoms. The van der Waals surface area contributed by atoms with E-state index in [2.05, 4.69) is 17.9 Å². The zero-order valence-electron chi connectivity index (χ0n) is 11.9. The Bertz CT molecular complexity index is 589. The number of hydrogen-bond donors (Lipinski definition) is 1. The van der Waals surface area contributed by atoms with Crippen LogP contribution in [0.25, 0.3) is 10.8 Å². The first-order valence-electron chi connectivity index (χ1n) is 7.30. The van der Waals surface area contributed by atoms with Gasteiger partial charge in [0, 0.05) is 36.7 Å². The monoisotopic (exact) mass is 271 g/mol. The minimum atomic E-state index is 0.210. The van der Waals surface area contributed by atoms with Crippen LogP contribution in [0.5, 0.6) is 5.75 Å². The molecule has 1 aliphatic rings. The lowest BCUT2D eigenvalue weighted by molar-refractivity contribution is 0.133. The molecule has 20 heavy (non-hydrogen) atoms. The van der Waals surface area contributed by atoms with Crippen LogP contribution in [0.3, 0.4) is 0 Å². The molecule has 3 heteroatoms. The number of phenolic OH excluding ortho intramolecular Hbond substituents is 1. The zero-order chi connectivity index (χ0) is 13.9. The second kappa shape index (κ2) is 5.81. The standard InChI is InChI=1S/C17H21NO2/c1-13(18-9-4-11-20-12-10-18)15-8-7-14-5-2-3-6-16(14)17(15)19/h2-3,5-8,13,19H,4,9-12H2,1H3. The van der Waals surface area contributed by atoms with Crippen molar-refractivity contribution in [1.82, 2.24) is 4.90 Å². The van der Waals surface area contributed by atoms with Gasteiger partial charge in [-0.2, -0.15) is 0 Å². The first-order valence-corrected chi connectivity index (χ1v) is 7.30. The number of benzene rings is 2. The lowest BCUT2D eigenvalue weighted by Gasteiger charge is -2.28. The normalized spacial score (nSPS) is 18.9. The van der Waals surface area contributed by atoms with E-state index in [4.69, 9.17) is 4.74 Å². The molecule has 0 radical (unpaired) electrons. The SMILES string of the molecule is CC(c1ccc2ccccc2c1O)N1CCCOCC1. The molecule has 2 aromatic carbocycles. The summed E-state index contributed by atoms with van der Waals surface area (Å²) in [6.45, 7) is 5.72. The van der Waals surface area contributed by atoms with Gasteiger partial charge in [0.2, 0.25) is 0 Å². The quantitative estimate of drug-likeness (QED) is 0.909. The molecular weight excluding hydrogens is 250 g/mol. The van der Waals surface area contributed by atoms with Crippen LogP contribution in [0.4, 0.5) is 0 Å². The molecule has 1 heterocycles. The molecule has 2 aromatic rings. The van der Waals surface area contributed by atoms with Crippen molar-refractivity contribution >= 4 is 10.8 Å². The van der Waals surface area contributed by atoms with Crippen LogP contribution in [0.2, 0.25) is 0 Å². The van der Waals surface area contributed by atoms with E-state index >= 15 is 0 Å². The molecule has 1 N–H and O–H groups in total. The van der Waals surface area contributed by atoms with Crippen LogP contribution >= 0.6 is 0 Å². The number of rotatable bonds is 2. The van der Waals surface area contributed by atoms with E-state index < -0.39 is 0 Å². The van der Waals surface area contributed by atoms with Gasteiger partial charge in [0.15, 0.2) is 0 Å². The predicted molar refractivity (Wildman–Crippen MR) is 81.0 cm³/mol. The van der Waals surface area contributed by atoms with Crippen molar-refractivity contribution in [2.24, 2.45) is 0 Å². The van der Waals surface area contributed by atoms with E-state index in [-0.39, 0.29) is 6.04 Å². The van der Waals surface area contributed by atoms with E-state index in [1.807, 2.05) is 30.3 Å². The van der Waals surface area contributed by atoms with Crippen LogP contribution in [0, 0.1) is 0 Å². The zero-order valence-corrected chi connectivity index (χ0v) is 11.9. The summed E-state index contributed by atoms with van der Waals surface area (Å²) in [6, 6.07) is 12.3. The van der Waals surface area contributed by atoms with Crippen LogP contribution in [-0.4, -0.2) is 36.3 Å². The van der Waals surface area contributed by atoms with E-state index in [1.54, 1.807) is 0 Å². The molecule has 1 unspecified atom stereocenters. The summed E-state index contributed by atoms with van der Waals surface area (Å²) >= 11 is 0. The molecule has 3 rings (SSSR count). The van der Waals surface area contributed by atoms with E-state index in [0.29, 0.717) is 5.75 Å². The van der Waals surface area contributed by atoms with Crippen molar-refractivity contribution in [3.63, 3.8) is 0 Å². The molecule has 1 aliphatic heterocycles. The maximum Gasteiger partial charge on any atom is 0.128 e. The largest absolute Gasteiger partial charge is 0.507 e. The van der Waals surface area contributed by atoms with Gasteiger partial charge in [-0.1, -0.05) is 36.4 Å². The Balaban J connectivity index is 1.94. The van der Waals surface area contributed by atoms with Gasteiger partial charge in [-0.3, -0.25) is 4.90 Å². The average Bonchev–Trinajstić information content (AvgIpc) is 2.76. The first kappa shape index (κ1) is 13.4. The molecule has 0 bridgehead atoms. The number of aromatic hydroxyl groups is 1. The number of ether oxygens (including phenoxy) is 1. The predicted octanol–water partition coefficient (Wildman–Crippen LogP) is 3.33. The third kappa shape index (κ3) is 2.51. The van der Waals surface area contributed by atoms with Crippen molar-refractivity contribution in [3.8, 4) is 5.75 Å². The lowest BCUT2D eigenvalue weighted by Crippen LogP contribution is -2.29. The van der Waals surface area contributed by atoms with Crippen LogP contribution < -0.4 is 0 Å². The highest BCUT2D eigenvalue weighted by Gasteiger charge is 2.20. The molecule has 0 aromatic heterocycles. The van der Waals surface area contributed by atoms with Crippen molar-refractivity contribution in [2.45, 2.75) is 19.4 Å². The first-order chi connectivity index (χ1) is 9.77. The van der Waals surface area contributed by atoms with Gasteiger partial charge in [-0.05, 0) is 18.7 Å². The van der Waals surface area contributed by atoms with Gasteiger partial charge >= 0.3 is 0 Å². The Morgan fingerprint density at radius 1 is 1.10 bits per heavy atom. The number of fused-ring (bicyclic) bond motifs is 1. The molecule has 1 atom stereocenters. The van der Waals surface area contributed by atoms with Crippen molar-refractivity contribution in [2.75, 3.05) is 26.3 Å². The van der Waals surface area contributed by atoms with E-state index in [1.165, 1.54) is 0 Å². The van der Waals surface area contributed by atoms with Gasteiger partial charge in [0.05, 0.1) is 6.61 Å². The summed E-state index contributed by atoms with van der Waals surface area (Å²) < 4.78 is 5.51. The minimum absolute atomic E-state index is 0.210. The Hall–Kier alpha value is -1.58. The molecule has 106 valence electrons. The highest BCUT2D eigenvalue weighted by Crippen LogP contribution is 2.34. The molecule has 0 amide bonds. The Morgan fingerprint density at radius 2 is 1.95 bits per heavy atom. The smallest absolute Gasteiger partial charge is 0.128 e. The second-order valence-electron chi connectivity index (χ2n) is 5.40. The molecule has 1 fully saturated rings. The summed E-state index contributed by atoms with van der Waals surface area (Å²) in [7, 11) is 0. The fraction of sp³-hybridized carbons (Fsp3) is 0.412. The van der Waals surface area contributed by atoms with Crippen molar-refractivity contribution in [3.05, 3.63) is 42.0 Å². The maximum atomic E-state index is 10.6. The molecule has 0 aliphatic carbocycles. The Kier molecular flexibility index (Phi) is 3.90. The second-order valence-corrected chi connectivity index (χ2v) is 5.40. The maximum absolute atomic E-state index is 10.6. The molecule has 0 saturated carbocycles. The fourth-order valence-electron chi connectivity index (χ4n) is 2.96. The van der Waals surface area contributed by atoms with Gasteiger partial charge in [0.1, 0.15) is 5.75 Å². The van der Waals surface area contributed by atoms with Crippen LogP contribution in [0.1, 0.15) is 24.9 Å². The summed E-state index contributed by atoms with van der Waals surface area (Å²) in [5, 5.41) is 12.6.